The normalized spacial score (nSPS) is 15.4. The molecule has 0 aliphatic carbocycles. The van der Waals surface area contributed by atoms with Crippen LogP contribution < -0.4 is 15.4 Å². The van der Waals surface area contributed by atoms with Crippen molar-refractivity contribution in [3.05, 3.63) is 41.3 Å². The lowest BCUT2D eigenvalue weighted by Crippen LogP contribution is -2.23. The standard InChI is InChI=1S/C25H26ClN9O3/c1-14(36)30-19-9-16(5-7-28-19)38-17-11-29-23-22(21(17)26)34(4)24(32-23)31-20-10-18(25(2,3)13-27)35(33-20)15-6-8-37-12-15/h5,7,9-11,15H,6,8,12H2,1-4H3,(H,28,30,36)(H,29,31,32,33)/t15-/m0/s1. The molecule has 0 aromatic carbocycles. The molecule has 1 fully saturated rings. The Morgan fingerprint density at radius 3 is 2.84 bits per heavy atom. The molecule has 0 radical (unpaired) electrons. The first-order valence-corrected chi connectivity index (χ1v) is 12.3. The van der Waals surface area contributed by atoms with Gasteiger partial charge in [0.25, 0.3) is 0 Å². The van der Waals surface area contributed by atoms with Crippen LogP contribution in [0.3, 0.4) is 0 Å². The first kappa shape index (κ1) is 25.4. The highest BCUT2D eigenvalue weighted by molar-refractivity contribution is 6.36. The minimum absolute atomic E-state index is 0.0591. The molecule has 0 spiro atoms. The lowest BCUT2D eigenvalue weighted by atomic mass is 9.91. The van der Waals surface area contributed by atoms with Gasteiger partial charge in [-0.15, -0.1) is 0 Å². The third kappa shape index (κ3) is 4.85. The Morgan fingerprint density at radius 2 is 2.13 bits per heavy atom. The molecule has 2 N–H and O–H groups in total. The largest absolute Gasteiger partial charge is 0.454 e. The van der Waals surface area contributed by atoms with Crippen molar-refractivity contribution in [1.82, 2.24) is 29.3 Å². The average Bonchev–Trinajstić information content (AvgIpc) is 3.61. The maximum absolute atomic E-state index is 11.3. The minimum atomic E-state index is -0.744. The van der Waals surface area contributed by atoms with Gasteiger partial charge in [0, 0.05) is 38.9 Å². The van der Waals surface area contributed by atoms with Gasteiger partial charge in [0.1, 0.15) is 22.1 Å². The van der Waals surface area contributed by atoms with Crippen LogP contribution in [-0.2, 0) is 22.0 Å². The van der Waals surface area contributed by atoms with Gasteiger partial charge in [-0.1, -0.05) is 11.6 Å². The van der Waals surface area contributed by atoms with Gasteiger partial charge in [-0.25, -0.2) is 9.97 Å². The number of aromatic nitrogens is 6. The number of hydrogen-bond donors (Lipinski definition) is 2. The van der Waals surface area contributed by atoms with Crippen LogP contribution in [0, 0.1) is 11.3 Å². The van der Waals surface area contributed by atoms with Gasteiger partial charge in [-0.2, -0.15) is 15.3 Å². The Morgan fingerprint density at radius 1 is 1.32 bits per heavy atom. The minimum Gasteiger partial charge on any atom is -0.454 e. The van der Waals surface area contributed by atoms with E-state index < -0.39 is 5.41 Å². The monoisotopic (exact) mass is 535 g/mol. The lowest BCUT2D eigenvalue weighted by Gasteiger charge is -2.20. The predicted octanol–water partition coefficient (Wildman–Crippen LogP) is 4.47. The van der Waals surface area contributed by atoms with E-state index in [1.807, 2.05) is 24.6 Å². The summed E-state index contributed by atoms with van der Waals surface area (Å²) >= 11 is 6.72. The number of imidazole rings is 1. The highest BCUT2D eigenvalue weighted by Crippen LogP contribution is 2.36. The van der Waals surface area contributed by atoms with Gasteiger partial charge in [0.05, 0.1) is 36.0 Å². The third-order valence-electron chi connectivity index (χ3n) is 6.22. The summed E-state index contributed by atoms with van der Waals surface area (Å²) in [4.78, 5) is 24.4. The van der Waals surface area contributed by atoms with Crippen LogP contribution in [0.1, 0.15) is 38.9 Å². The molecule has 38 heavy (non-hydrogen) atoms. The number of nitrogens with zero attached hydrogens (tertiary/aromatic N) is 7. The Labute approximate surface area is 223 Å². The second-order valence-electron chi connectivity index (χ2n) is 9.50. The summed E-state index contributed by atoms with van der Waals surface area (Å²) in [6.45, 7) is 6.34. The van der Waals surface area contributed by atoms with Gasteiger partial charge in [0.2, 0.25) is 11.9 Å². The van der Waals surface area contributed by atoms with Crippen LogP contribution in [0.25, 0.3) is 11.2 Å². The van der Waals surface area contributed by atoms with Gasteiger partial charge >= 0.3 is 0 Å². The van der Waals surface area contributed by atoms with E-state index in [0.29, 0.717) is 58.5 Å². The number of fused-ring (bicyclic) bond motifs is 1. The van der Waals surface area contributed by atoms with E-state index in [-0.39, 0.29) is 11.9 Å². The van der Waals surface area contributed by atoms with Crippen molar-refractivity contribution in [2.75, 3.05) is 23.8 Å². The number of nitrogens with one attached hydrogen (secondary N) is 2. The Kier molecular flexibility index (Phi) is 6.64. The van der Waals surface area contributed by atoms with Gasteiger partial charge in [0.15, 0.2) is 17.2 Å². The zero-order chi connectivity index (χ0) is 27.0. The van der Waals surface area contributed by atoms with Gasteiger partial charge in [-0.05, 0) is 26.3 Å². The molecule has 0 saturated carbocycles. The molecule has 1 aliphatic heterocycles. The third-order valence-corrected chi connectivity index (χ3v) is 6.58. The molecule has 4 aromatic heterocycles. The zero-order valence-electron chi connectivity index (χ0n) is 21.3. The van der Waals surface area contributed by atoms with Gasteiger partial charge in [-0.3, -0.25) is 9.48 Å². The van der Waals surface area contributed by atoms with Crippen molar-refractivity contribution in [2.24, 2.45) is 7.05 Å². The number of carbonyl (C=O) groups is 1. The first-order chi connectivity index (χ1) is 18.2. The maximum atomic E-state index is 11.3. The first-order valence-electron chi connectivity index (χ1n) is 11.9. The summed E-state index contributed by atoms with van der Waals surface area (Å²) < 4.78 is 15.1. The molecular formula is C25H26ClN9O3. The van der Waals surface area contributed by atoms with Crippen LogP contribution in [0.15, 0.2) is 30.6 Å². The molecule has 13 heteroatoms. The van der Waals surface area contributed by atoms with E-state index in [0.717, 1.165) is 12.1 Å². The molecule has 12 nitrogen and oxygen atoms in total. The fraction of sp³-hybridized carbons (Fsp3) is 0.360. The van der Waals surface area contributed by atoms with E-state index >= 15 is 0 Å². The molecule has 0 bridgehead atoms. The zero-order valence-corrected chi connectivity index (χ0v) is 22.1. The number of aryl methyl sites for hydroxylation is 1. The quantitative estimate of drug-likeness (QED) is 0.350. The number of rotatable bonds is 7. The second-order valence-corrected chi connectivity index (χ2v) is 9.88. The van der Waals surface area contributed by atoms with E-state index in [1.54, 1.807) is 23.7 Å². The van der Waals surface area contributed by atoms with Crippen molar-refractivity contribution in [2.45, 2.75) is 38.6 Å². The summed E-state index contributed by atoms with van der Waals surface area (Å²) in [6, 6.07) is 7.52. The number of amides is 1. The number of pyridine rings is 2. The Hall–Kier alpha value is -4.21. The summed E-state index contributed by atoms with van der Waals surface area (Å²) in [7, 11) is 1.80. The smallest absolute Gasteiger partial charge is 0.222 e. The molecule has 4 aromatic rings. The highest BCUT2D eigenvalue weighted by Gasteiger charge is 2.31. The number of anilines is 3. The summed E-state index contributed by atoms with van der Waals surface area (Å²) in [5.74, 6) is 1.88. The van der Waals surface area contributed by atoms with Crippen molar-refractivity contribution in [1.29, 1.82) is 5.26 Å². The van der Waals surface area contributed by atoms with Gasteiger partial charge < -0.3 is 24.7 Å². The molecular weight excluding hydrogens is 510 g/mol. The Bertz CT molecular complexity index is 1560. The van der Waals surface area contributed by atoms with Crippen LogP contribution in [0.2, 0.25) is 5.02 Å². The van der Waals surface area contributed by atoms with Crippen LogP contribution in [-0.4, -0.2) is 48.4 Å². The molecule has 196 valence electrons. The molecule has 5 heterocycles. The van der Waals surface area contributed by atoms with Crippen LogP contribution in [0.4, 0.5) is 17.6 Å². The molecule has 0 unspecified atom stereocenters. The number of hydrogen-bond acceptors (Lipinski definition) is 9. The average molecular weight is 536 g/mol. The molecule has 1 aliphatic rings. The molecule has 1 atom stereocenters. The summed E-state index contributed by atoms with van der Waals surface area (Å²) in [6.07, 6.45) is 3.83. The van der Waals surface area contributed by atoms with E-state index in [2.05, 4.69) is 31.7 Å². The fourth-order valence-electron chi connectivity index (χ4n) is 4.23. The number of carbonyl (C=O) groups excluding carboxylic acids is 1. The van der Waals surface area contributed by atoms with E-state index in [1.165, 1.54) is 19.3 Å². The van der Waals surface area contributed by atoms with E-state index in [4.69, 9.17) is 26.2 Å². The van der Waals surface area contributed by atoms with Crippen molar-refractivity contribution in [3.63, 3.8) is 0 Å². The predicted molar refractivity (Wildman–Crippen MR) is 141 cm³/mol. The van der Waals surface area contributed by atoms with Crippen molar-refractivity contribution in [3.8, 4) is 17.6 Å². The second kappa shape index (κ2) is 9.92. The molecule has 1 saturated heterocycles. The highest BCUT2D eigenvalue weighted by atomic mass is 35.5. The van der Waals surface area contributed by atoms with Crippen molar-refractivity contribution < 1.29 is 14.3 Å². The van der Waals surface area contributed by atoms with Crippen LogP contribution >= 0.6 is 11.6 Å². The van der Waals surface area contributed by atoms with Crippen LogP contribution in [0.5, 0.6) is 11.5 Å². The number of halogens is 1. The van der Waals surface area contributed by atoms with E-state index in [9.17, 15) is 10.1 Å². The number of ether oxygens (including phenoxy) is 2. The number of nitriles is 1. The summed E-state index contributed by atoms with van der Waals surface area (Å²) in [5.41, 5.74) is 1.02. The molecule has 5 rings (SSSR count). The maximum Gasteiger partial charge on any atom is 0.222 e. The molecule has 1 amide bonds. The summed E-state index contributed by atoms with van der Waals surface area (Å²) in [5, 5.41) is 20.7. The lowest BCUT2D eigenvalue weighted by molar-refractivity contribution is -0.114. The topological polar surface area (TPSA) is 145 Å². The Balaban J connectivity index is 1.45. The fourth-order valence-corrected chi connectivity index (χ4v) is 4.53. The SMILES string of the molecule is CC(=O)Nc1cc(Oc2cnc3nc(Nc4cc(C(C)(C)C#N)n([C@H]5CCOC5)n4)n(C)c3c2Cl)ccn1. The van der Waals surface area contributed by atoms with Crippen molar-refractivity contribution >= 4 is 46.3 Å².